The Morgan fingerprint density at radius 2 is 2.36 bits per heavy atom. The number of aliphatic hydroxyl groups excluding tert-OH is 1. The molecule has 1 atom stereocenters. The standard InChI is InChI=1S/C8H13ClN4O/c1-5(4-14)3-11-7-2-6(9)12-8(10)13-7/h2,5,14H,3-4H2,1H3,(H3,10,11,12,13). The molecule has 5 nitrogen and oxygen atoms in total. The van der Waals surface area contributed by atoms with Crippen LogP contribution in [-0.2, 0) is 0 Å². The van der Waals surface area contributed by atoms with Gasteiger partial charge in [0, 0.05) is 19.2 Å². The first-order valence-electron chi connectivity index (χ1n) is 4.26. The summed E-state index contributed by atoms with van der Waals surface area (Å²) in [6.45, 7) is 2.66. The van der Waals surface area contributed by atoms with Crippen LogP contribution in [0.3, 0.4) is 0 Å². The normalized spacial score (nSPS) is 12.5. The smallest absolute Gasteiger partial charge is 0.223 e. The zero-order valence-corrected chi connectivity index (χ0v) is 8.62. The molecule has 0 bridgehead atoms. The molecule has 4 N–H and O–H groups in total. The van der Waals surface area contributed by atoms with E-state index in [-0.39, 0.29) is 18.5 Å². The maximum Gasteiger partial charge on any atom is 0.223 e. The van der Waals surface area contributed by atoms with E-state index in [0.717, 1.165) is 0 Å². The van der Waals surface area contributed by atoms with E-state index in [0.29, 0.717) is 17.5 Å². The minimum Gasteiger partial charge on any atom is -0.396 e. The van der Waals surface area contributed by atoms with Crippen LogP contribution >= 0.6 is 11.6 Å². The van der Waals surface area contributed by atoms with E-state index in [1.54, 1.807) is 6.07 Å². The van der Waals surface area contributed by atoms with Gasteiger partial charge in [0.25, 0.3) is 0 Å². The van der Waals surface area contributed by atoms with Gasteiger partial charge < -0.3 is 16.2 Å². The largest absolute Gasteiger partial charge is 0.396 e. The molecule has 1 heterocycles. The van der Waals surface area contributed by atoms with Crippen molar-refractivity contribution >= 4 is 23.4 Å². The van der Waals surface area contributed by atoms with Gasteiger partial charge in [0.05, 0.1) is 0 Å². The third-order valence-corrected chi connectivity index (χ3v) is 1.85. The number of hydrogen-bond acceptors (Lipinski definition) is 5. The van der Waals surface area contributed by atoms with Crippen molar-refractivity contribution in [2.75, 3.05) is 24.2 Å². The van der Waals surface area contributed by atoms with E-state index in [1.165, 1.54) is 0 Å². The second-order valence-electron chi connectivity index (χ2n) is 3.10. The number of anilines is 2. The summed E-state index contributed by atoms with van der Waals surface area (Å²) in [5, 5.41) is 12.1. The summed E-state index contributed by atoms with van der Waals surface area (Å²) in [5.74, 6) is 0.865. The minimum absolute atomic E-state index is 0.126. The number of aliphatic hydroxyl groups is 1. The van der Waals surface area contributed by atoms with Crippen molar-refractivity contribution < 1.29 is 5.11 Å². The van der Waals surface area contributed by atoms with Crippen LogP contribution in [0.5, 0.6) is 0 Å². The monoisotopic (exact) mass is 216 g/mol. The molecule has 1 aromatic rings. The molecule has 0 aromatic carbocycles. The molecule has 78 valence electrons. The quantitative estimate of drug-likeness (QED) is 0.647. The van der Waals surface area contributed by atoms with Crippen LogP contribution in [0.1, 0.15) is 6.92 Å². The Morgan fingerprint density at radius 3 is 2.93 bits per heavy atom. The average molecular weight is 217 g/mol. The Labute approximate surface area is 87.3 Å². The van der Waals surface area contributed by atoms with Gasteiger partial charge in [0.2, 0.25) is 5.95 Å². The first-order valence-corrected chi connectivity index (χ1v) is 4.64. The van der Waals surface area contributed by atoms with Crippen LogP contribution < -0.4 is 11.1 Å². The molecule has 0 spiro atoms. The number of rotatable bonds is 4. The van der Waals surface area contributed by atoms with Gasteiger partial charge in [-0.1, -0.05) is 18.5 Å². The predicted octanol–water partition coefficient (Wildman–Crippen LogP) is 0.752. The summed E-state index contributed by atoms with van der Waals surface area (Å²) < 4.78 is 0. The van der Waals surface area contributed by atoms with Gasteiger partial charge in [-0.2, -0.15) is 4.98 Å². The number of aromatic nitrogens is 2. The molecule has 0 aliphatic heterocycles. The highest BCUT2D eigenvalue weighted by Gasteiger charge is 2.02. The number of halogens is 1. The number of nitrogens with zero attached hydrogens (tertiary/aromatic N) is 2. The summed E-state index contributed by atoms with van der Waals surface area (Å²) >= 11 is 5.68. The van der Waals surface area contributed by atoms with Crippen molar-refractivity contribution in [3.63, 3.8) is 0 Å². The van der Waals surface area contributed by atoms with Gasteiger partial charge in [-0.25, -0.2) is 4.98 Å². The lowest BCUT2D eigenvalue weighted by molar-refractivity contribution is 0.244. The molecule has 6 heteroatoms. The van der Waals surface area contributed by atoms with Crippen molar-refractivity contribution in [2.45, 2.75) is 6.92 Å². The lowest BCUT2D eigenvalue weighted by Gasteiger charge is -2.10. The summed E-state index contributed by atoms with van der Waals surface area (Å²) in [6, 6.07) is 1.59. The average Bonchev–Trinajstić information content (AvgIpc) is 2.12. The second kappa shape index (κ2) is 4.97. The van der Waals surface area contributed by atoms with Crippen LogP contribution in [0, 0.1) is 5.92 Å². The first-order chi connectivity index (χ1) is 6.61. The second-order valence-corrected chi connectivity index (χ2v) is 3.49. The summed E-state index contributed by atoms with van der Waals surface area (Å²) in [4.78, 5) is 7.65. The van der Waals surface area contributed by atoms with E-state index in [9.17, 15) is 0 Å². The Kier molecular flexibility index (Phi) is 3.91. The fraction of sp³-hybridized carbons (Fsp3) is 0.500. The molecule has 0 saturated heterocycles. The number of nitrogens with two attached hydrogens (primary N) is 1. The fourth-order valence-electron chi connectivity index (χ4n) is 0.869. The van der Waals surface area contributed by atoms with Gasteiger partial charge in [-0.15, -0.1) is 0 Å². The first kappa shape index (κ1) is 11.0. The molecular formula is C8H13ClN4O. The molecule has 1 rings (SSSR count). The molecule has 14 heavy (non-hydrogen) atoms. The molecule has 0 amide bonds. The summed E-state index contributed by atoms with van der Waals surface area (Å²) in [7, 11) is 0. The molecule has 0 fully saturated rings. The zero-order chi connectivity index (χ0) is 10.6. The predicted molar refractivity (Wildman–Crippen MR) is 56.2 cm³/mol. The Morgan fingerprint density at radius 1 is 1.64 bits per heavy atom. The van der Waals surface area contributed by atoms with Crippen molar-refractivity contribution in [1.29, 1.82) is 0 Å². The van der Waals surface area contributed by atoms with Crippen molar-refractivity contribution in [3.05, 3.63) is 11.2 Å². The van der Waals surface area contributed by atoms with Crippen molar-refractivity contribution in [2.24, 2.45) is 5.92 Å². The van der Waals surface area contributed by atoms with Crippen LogP contribution in [0.2, 0.25) is 5.15 Å². The van der Waals surface area contributed by atoms with E-state index in [4.69, 9.17) is 22.4 Å². The maximum absolute atomic E-state index is 8.80. The number of hydrogen-bond donors (Lipinski definition) is 3. The van der Waals surface area contributed by atoms with Crippen LogP contribution in [0.4, 0.5) is 11.8 Å². The van der Waals surface area contributed by atoms with E-state index < -0.39 is 0 Å². The highest BCUT2D eigenvalue weighted by molar-refractivity contribution is 6.29. The third kappa shape index (κ3) is 3.35. The summed E-state index contributed by atoms with van der Waals surface area (Å²) in [6.07, 6.45) is 0. The van der Waals surface area contributed by atoms with Crippen LogP contribution in [0.25, 0.3) is 0 Å². The SMILES string of the molecule is CC(CO)CNc1cc(Cl)nc(N)n1. The zero-order valence-electron chi connectivity index (χ0n) is 7.87. The van der Waals surface area contributed by atoms with Crippen LogP contribution in [0.15, 0.2) is 6.07 Å². The molecule has 0 aliphatic rings. The highest BCUT2D eigenvalue weighted by Crippen LogP contribution is 2.12. The van der Waals surface area contributed by atoms with E-state index >= 15 is 0 Å². The van der Waals surface area contributed by atoms with Gasteiger partial charge in [-0.05, 0) is 5.92 Å². The highest BCUT2D eigenvalue weighted by atomic mass is 35.5. The Hall–Kier alpha value is -1.07. The van der Waals surface area contributed by atoms with Crippen molar-refractivity contribution in [3.8, 4) is 0 Å². The maximum atomic E-state index is 8.80. The van der Waals surface area contributed by atoms with Crippen molar-refractivity contribution in [1.82, 2.24) is 9.97 Å². The van der Waals surface area contributed by atoms with Crippen LogP contribution in [-0.4, -0.2) is 28.2 Å². The van der Waals surface area contributed by atoms with Gasteiger partial charge in [0.15, 0.2) is 0 Å². The Bertz CT molecular complexity index is 287. The molecule has 0 radical (unpaired) electrons. The fourth-order valence-corrected chi connectivity index (χ4v) is 1.06. The van der Waals surface area contributed by atoms with E-state index in [1.807, 2.05) is 6.92 Å². The Balaban J connectivity index is 2.58. The van der Waals surface area contributed by atoms with Gasteiger partial charge in [-0.3, -0.25) is 0 Å². The van der Waals surface area contributed by atoms with Gasteiger partial charge >= 0.3 is 0 Å². The molecular weight excluding hydrogens is 204 g/mol. The molecule has 0 saturated carbocycles. The van der Waals surface area contributed by atoms with Gasteiger partial charge in [0.1, 0.15) is 11.0 Å². The number of nitrogens with one attached hydrogen (secondary N) is 1. The number of nitrogen functional groups attached to an aromatic ring is 1. The molecule has 0 aliphatic carbocycles. The topological polar surface area (TPSA) is 84.1 Å². The lowest BCUT2D eigenvalue weighted by atomic mass is 10.2. The molecule has 1 aromatic heterocycles. The summed E-state index contributed by atoms with van der Waals surface area (Å²) in [5.41, 5.74) is 5.40. The van der Waals surface area contributed by atoms with E-state index in [2.05, 4.69) is 15.3 Å². The lowest BCUT2D eigenvalue weighted by Crippen LogP contribution is -2.15. The third-order valence-electron chi connectivity index (χ3n) is 1.66. The minimum atomic E-state index is 0.126. The molecule has 1 unspecified atom stereocenters.